The molecule has 1 heterocycles. The zero-order valence-electron chi connectivity index (χ0n) is 13.7. The summed E-state index contributed by atoms with van der Waals surface area (Å²) >= 11 is 0. The Morgan fingerprint density at radius 1 is 1.29 bits per heavy atom. The molecule has 0 amide bonds. The molecule has 2 unspecified atom stereocenters. The van der Waals surface area contributed by atoms with Gasteiger partial charge < -0.3 is 5.32 Å². The molecule has 3 rings (SSSR count). The van der Waals surface area contributed by atoms with E-state index in [-0.39, 0.29) is 0 Å². The van der Waals surface area contributed by atoms with Gasteiger partial charge in [-0.1, -0.05) is 37.1 Å². The minimum absolute atomic E-state index is 0.661. The Morgan fingerprint density at radius 2 is 2.19 bits per heavy atom. The molecule has 2 aliphatic rings. The molecule has 116 valence electrons. The molecule has 1 aliphatic carbocycles. The van der Waals surface area contributed by atoms with Gasteiger partial charge in [-0.3, -0.25) is 4.90 Å². The van der Waals surface area contributed by atoms with Crippen LogP contribution < -0.4 is 5.32 Å². The minimum Gasteiger partial charge on any atom is -0.313 e. The Morgan fingerprint density at radius 3 is 2.95 bits per heavy atom. The first-order valence-corrected chi connectivity index (χ1v) is 8.84. The Labute approximate surface area is 129 Å². The van der Waals surface area contributed by atoms with Gasteiger partial charge in [0.25, 0.3) is 0 Å². The topological polar surface area (TPSA) is 15.3 Å². The van der Waals surface area contributed by atoms with Gasteiger partial charge in [0.2, 0.25) is 0 Å². The van der Waals surface area contributed by atoms with Crippen LogP contribution in [-0.2, 0) is 6.42 Å². The van der Waals surface area contributed by atoms with Crippen LogP contribution in [0.25, 0.3) is 0 Å². The first-order chi connectivity index (χ1) is 10.3. The maximum Gasteiger partial charge on any atom is 0.0354 e. The van der Waals surface area contributed by atoms with E-state index in [9.17, 15) is 0 Å². The van der Waals surface area contributed by atoms with Crippen LogP contribution in [0.3, 0.4) is 0 Å². The Kier molecular flexibility index (Phi) is 4.97. The van der Waals surface area contributed by atoms with E-state index in [1.165, 1.54) is 63.7 Å². The molecule has 1 aromatic rings. The van der Waals surface area contributed by atoms with Crippen LogP contribution in [0.1, 0.15) is 61.8 Å². The van der Waals surface area contributed by atoms with Crippen molar-refractivity contribution in [1.29, 1.82) is 0 Å². The van der Waals surface area contributed by atoms with Crippen LogP contribution in [-0.4, -0.2) is 30.6 Å². The Bertz CT molecular complexity index is 463. The van der Waals surface area contributed by atoms with E-state index in [1.54, 1.807) is 11.1 Å². The number of hydrogen-bond donors (Lipinski definition) is 1. The van der Waals surface area contributed by atoms with E-state index in [2.05, 4.69) is 42.3 Å². The predicted molar refractivity (Wildman–Crippen MR) is 89.7 cm³/mol. The molecule has 1 aromatic carbocycles. The third kappa shape index (κ3) is 3.49. The molecule has 0 spiro atoms. The van der Waals surface area contributed by atoms with Crippen LogP contribution in [0.4, 0.5) is 0 Å². The van der Waals surface area contributed by atoms with Crippen molar-refractivity contribution in [3.05, 3.63) is 34.9 Å². The fourth-order valence-electron chi connectivity index (χ4n) is 4.01. The highest BCUT2D eigenvalue weighted by Gasteiger charge is 2.29. The van der Waals surface area contributed by atoms with E-state index < -0.39 is 0 Å². The van der Waals surface area contributed by atoms with Gasteiger partial charge in [0.1, 0.15) is 0 Å². The van der Waals surface area contributed by atoms with Crippen molar-refractivity contribution >= 4 is 0 Å². The van der Waals surface area contributed by atoms with Crippen molar-refractivity contribution in [2.45, 2.75) is 64.5 Å². The molecule has 1 saturated heterocycles. The first-order valence-electron chi connectivity index (χ1n) is 8.84. The zero-order valence-corrected chi connectivity index (χ0v) is 13.7. The molecule has 0 bridgehead atoms. The van der Waals surface area contributed by atoms with Gasteiger partial charge in [0, 0.05) is 18.6 Å². The third-order valence-electron chi connectivity index (χ3n) is 5.20. The van der Waals surface area contributed by atoms with Crippen LogP contribution >= 0.6 is 0 Å². The summed E-state index contributed by atoms with van der Waals surface area (Å²) in [5.74, 6) is 0. The quantitative estimate of drug-likeness (QED) is 0.855. The molecule has 1 aliphatic heterocycles. The molecule has 1 fully saturated rings. The smallest absolute Gasteiger partial charge is 0.0354 e. The van der Waals surface area contributed by atoms with Crippen LogP contribution in [0, 0.1) is 6.92 Å². The third-order valence-corrected chi connectivity index (χ3v) is 5.20. The highest BCUT2D eigenvalue weighted by Crippen LogP contribution is 2.36. The highest BCUT2D eigenvalue weighted by atomic mass is 15.2. The van der Waals surface area contributed by atoms with E-state index in [1.807, 2.05) is 0 Å². The van der Waals surface area contributed by atoms with Gasteiger partial charge in [0.05, 0.1) is 0 Å². The van der Waals surface area contributed by atoms with Crippen LogP contribution in [0.2, 0.25) is 0 Å². The number of benzene rings is 1. The largest absolute Gasteiger partial charge is 0.313 e. The number of nitrogens with zero attached hydrogens (tertiary/aromatic N) is 1. The molecule has 2 nitrogen and oxygen atoms in total. The van der Waals surface area contributed by atoms with E-state index >= 15 is 0 Å². The monoisotopic (exact) mass is 286 g/mol. The van der Waals surface area contributed by atoms with Crippen molar-refractivity contribution in [2.24, 2.45) is 0 Å². The summed E-state index contributed by atoms with van der Waals surface area (Å²) in [6.07, 6.45) is 7.91. The molecule has 21 heavy (non-hydrogen) atoms. The van der Waals surface area contributed by atoms with E-state index in [0.717, 1.165) is 6.04 Å². The van der Waals surface area contributed by atoms with Crippen LogP contribution in [0.5, 0.6) is 0 Å². The minimum atomic E-state index is 0.661. The molecule has 0 aromatic heterocycles. The van der Waals surface area contributed by atoms with E-state index in [4.69, 9.17) is 0 Å². The number of unbranched alkanes of at least 4 members (excludes halogenated alkanes) is 1. The lowest BCUT2D eigenvalue weighted by Crippen LogP contribution is -2.39. The van der Waals surface area contributed by atoms with Crippen molar-refractivity contribution in [3.8, 4) is 0 Å². The molecule has 1 N–H and O–H groups in total. The van der Waals surface area contributed by atoms with Gasteiger partial charge in [-0.05, 0) is 63.2 Å². The lowest BCUT2D eigenvalue weighted by atomic mass is 10.0. The molecular formula is C19H30N2. The van der Waals surface area contributed by atoms with Crippen molar-refractivity contribution < 1.29 is 0 Å². The lowest BCUT2D eigenvalue weighted by Gasteiger charge is -2.32. The molecule has 2 atom stereocenters. The van der Waals surface area contributed by atoms with E-state index in [0.29, 0.717) is 6.04 Å². The molecule has 2 heteroatoms. The first kappa shape index (κ1) is 15.1. The highest BCUT2D eigenvalue weighted by molar-refractivity contribution is 5.37. The standard InChI is InChI=1S/C19H30N2/c1-3-4-12-21(14-17-6-5-11-20-17)19-10-9-16-8-7-15(2)13-18(16)19/h7-8,13,17,19-20H,3-6,9-12,14H2,1-2H3. The van der Waals surface area contributed by atoms with Gasteiger partial charge in [-0.15, -0.1) is 0 Å². The molecule has 0 saturated carbocycles. The number of fused-ring (bicyclic) bond motifs is 1. The summed E-state index contributed by atoms with van der Waals surface area (Å²) in [6.45, 7) is 8.24. The summed E-state index contributed by atoms with van der Waals surface area (Å²) in [5.41, 5.74) is 4.62. The summed E-state index contributed by atoms with van der Waals surface area (Å²) in [6, 6.07) is 8.45. The second-order valence-electron chi connectivity index (χ2n) is 6.90. The van der Waals surface area contributed by atoms with Crippen molar-refractivity contribution in [2.75, 3.05) is 19.6 Å². The van der Waals surface area contributed by atoms with Crippen molar-refractivity contribution in [3.63, 3.8) is 0 Å². The number of aryl methyl sites for hydroxylation is 2. The average molecular weight is 286 g/mol. The lowest BCUT2D eigenvalue weighted by molar-refractivity contribution is 0.177. The summed E-state index contributed by atoms with van der Waals surface area (Å²) in [4.78, 5) is 2.78. The second kappa shape index (κ2) is 6.93. The van der Waals surface area contributed by atoms with Gasteiger partial charge in [-0.2, -0.15) is 0 Å². The normalized spacial score (nSPS) is 24.7. The average Bonchev–Trinajstić information content (AvgIpc) is 3.12. The van der Waals surface area contributed by atoms with Crippen LogP contribution in [0.15, 0.2) is 18.2 Å². The van der Waals surface area contributed by atoms with Gasteiger partial charge in [-0.25, -0.2) is 0 Å². The fraction of sp³-hybridized carbons (Fsp3) is 0.684. The maximum absolute atomic E-state index is 3.68. The summed E-state index contributed by atoms with van der Waals surface area (Å²) in [5, 5.41) is 3.68. The SMILES string of the molecule is CCCCN(CC1CCCN1)C1CCc2ccc(C)cc21. The number of rotatable bonds is 6. The van der Waals surface area contributed by atoms with Gasteiger partial charge in [0.15, 0.2) is 0 Å². The number of nitrogens with one attached hydrogen (secondary N) is 1. The fourth-order valence-corrected chi connectivity index (χ4v) is 4.01. The zero-order chi connectivity index (χ0) is 14.7. The number of hydrogen-bond acceptors (Lipinski definition) is 2. The van der Waals surface area contributed by atoms with Gasteiger partial charge >= 0.3 is 0 Å². The Balaban J connectivity index is 1.75. The summed E-state index contributed by atoms with van der Waals surface area (Å²) < 4.78 is 0. The predicted octanol–water partition coefficient (Wildman–Crippen LogP) is 3.84. The second-order valence-corrected chi connectivity index (χ2v) is 6.90. The Hall–Kier alpha value is -0.860. The molecular weight excluding hydrogens is 256 g/mol. The summed E-state index contributed by atoms with van der Waals surface area (Å²) in [7, 11) is 0. The maximum atomic E-state index is 3.68. The van der Waals surface area contributed by atoms with Crippen molar-refractivity contribution in [1.82, 2.24) is 10.2 Å². The molecule has 0 radical (unpaired) electrons.